The van der Waals surface area contributed by atoms with Gasteiger partial charge >= 0.3 is 5.97 Å². The lowest BCUT2D eigenvalue weighted by molar-refractivity contribution is -0.155. The van der Waals surface area contributed by atoms with Crippen LogP contribution >= 0.6 is 11.8 Å². The number of carbonyl (C=O) groups is 3. The topological polar surface area (TPSA) is 95.9 Å². The minimum atomic E-state index is -0.722. The van der Waals surface area contributed by atoms with Crippen LogP contribution in [-0.4, -0.2) is 68.1 Å². The molecule has 3 saturated heterocycles. The zero-order valence-electron chi connectivity index (χ0n) is 19.2. The lowest BCUT2D eigenvalue weighted by atomic mass is 9.66. The van der Waals surface area contributed by atoms with E-state index in [1.54, 1.807) is 23.6 Å². The maximum absolute atomic E-state index is 13.8. The predicted octanol–water partition coefficient (Wildman–Crippen LogP) is 1.96. The highest BCUT2D eigenvalue weighted by Gasteiger charge is 2.78. The Bertz CT molecular complexity index is 736. The molecule has 3 aliphatic rings. The van der Waals surface area contributed by atoms with Crippen LogP contribution in [0.25, 0.3) is 0 Å². The molecule has 0 aromatic heterocycles. The molecule has 3 aliphatic heterocycles. The average Bonchev–Trinajstić information content (AvgIpc) is 3.16. The van der Waals surface area contributed by atoms with Crippen LogP contribution in [0.2, 0.25) is 0 Å². The molecule has 0 radical (unpaired) electrons. The molecule has 6 atom stereocenters. The van der Waals surface area contributed by atoms with E-state index in [2.05, 4.69) is 5.32 Å². The molecular formula is C22H36N2O5S. The standard InChI is InChI=1S/C22H36N2O5S/c1-8-29-19(28)15-14-18(27)24(13(11-25)12(2)3)16(17(26)23-20(4,5)6)22(14)10-9-21(15,7)30-22/h12-16,25H,8-11H2,1-7H3,(H,23,26)/t13-,14-,15+,16?,21-,22?/m0/s1. The van der Waals surface area contributed by atoms with E-state index in [-0.39, 0.29) is 36.9 Å². The van der Waals surface area contributed by atoms with Gasteiger partial charge in [-0.05, 0) is 53.4 Å². The number of likely N-dealkylation sites (tertiary alicyclic amines) is 1. The first-order valence-corrected chi connectivity index (χ1v) is 11.8. The molecule has 2 N–H and O–H groups in total. The van der Waals surface area contributed by atoms with Crippen LogP contribution in [0, 0.1) is 17.8 Å². The number of rotatable bonds is 6. The van der Waals surface area contributed by atoms with E-state index in [0.717, 1.165) is 6.42 Å². The first-order chi connectivity index (χ1) is 13.8. The number of hydrogen-bond donors (Lipinski definition) is 2. The number of aliphatic hydroxyl groups is 1. The number of nitrogens with one attached hydrogen (secondary N) is 1. The summed E-state index contributed by atoms with van der Waals surface area (Å²) in [6.07, 6.45) is 1.44. The molecule has 0 aliphatic carbocycles. The van der Waals surface area contributed by atoms with Gasteiger partial charge in [0, 0.05) is 10.3 Å². The van der Waals surface area contributed by atoms with Crippen molar-refractivity contribution in [3.8, 4) is 0 Å². The number of carbonyl (C=O) groups excluding carboxylic acids is 3. The van der Waals surface area contributed by atoms with Crippen molar-refractivity contribution >= 4 is 29.5 Å². The summed E-state index contributed by atoms with van der Waals surface area (Å²) in [5.41, 5.74) is -0.460. The summed E-state index contributed by atoms with van der Waals surface area (Å²) < 4.78 is 4.26. The van der Waals surface area contributed by atoms with Gasteiger partial charge in [-0.15, -0.1) is 11.8 Å². The van der Waals surface area contributed by atoms with E-state index in [1.807, 2.05) is 41.5 Å². The van der Waals surface area contributed by atoms with Gasteiger partial charge in [0.1, 0.15) is 6.04 Å². The largest absolute Gasteiger partial charge is 0.466 e. The van der Waals surface area contributed by atoms with Crippen LogP contribution in [0.3, 0.4) is 0 Å². The van der Waals surface area contributed by atoms with Crippen molar-refractivity contribution in [1.82, 2.24) is 10.2 Å². The summed E-state index contributed by atoms with van der Waals surface area (Å²) in [5, 5.41) is 13.2. The number of thioether (sulfide) groups is 1. The number of hydrogen-bond acceptors (Lipinski definition) is 6. The number of esters is 1. The predicted molar refractivity (Wildman–Crippen MR) is 116 cm³/mol. The molecule has 2 amide bonds. The Balaban J connectivity index is 2.12. The smallest absolute Gasteiger partial charge is 0.311 e. The van der Waals surface area contributed by atoms with Crippen LogP contribution in [0.1, 0.15) is 61.3 Å². The van der Waals surface area contributed by atoms with Crippen LogP contribution < -0.4 is 5.32 Å². The summed E-state index contributed by atoms with van der Waals surface area (Å²) in [6, 6.07) is -1.21. The molecule has 3 heterocycles. The molecule has 8 heteroatoms. The van der Waals surface area contributed by atoms with Gasteiger partial charge < -0.3 is 20.1 Å². The fourth-order valence-corrected chi connectivity index (χ4v) is 8.00. The Hall–Kier alpha value is -1.28. The minimum Gasteiger partial charge on any atom is -0.466 e. The highest BCUT2D eigenvalue weighted by atomic mass is 32.2. The van der Waals surface area contributed by atoms with Crippen LogP contribution in [0.15, 0.2) is 0 Å². The molecule has 0 saturated carbocycles. The van der Waals surface area contributed by atoms with Gasteiger partial charge in [-0.3, -0.25) is 14.4 Å². The quantitative estimate of drug-likeness (QED) is 0.613. The second-order valence-corrected chi connectivity index (χ2v) is 12.4. The fourth-order valence-electron chi connectivity index (χ4n) is 5.67. The maximum Gasteiger partial charge on any atom is 0.311 e. The van der Waals surface area contributed by atoms with Crippen molar-refractivity contribution < 1.29 is 24.2 Å². The molecule has 30 heavy (non-hydrogen) atoms. The third kappa shape index (κ3) is 3.44. The SMILES string of the molecule is CCOC(=O)[C@H]1[C@H]2C(=O)N([C@@H](CO)C(C)C)C(C(=O)NC(C)(C)C)C23CC[C@]1(C)S3. The van der Waals surface area contributed by atoms with Crippen molar-refractivity contribution in [2.75, 3.05) is 13.2 Å². The van der Waals surface area contributed by atoms with Crippen LogP contribution in [-0.2, 0) is 19.1 Å². The Morgan fingerprint density at radius 1 is 1.33 bits per heavy atom. The number of aliphatic hydroxyl groups excluding tert-OH is 1. The van der Waals surface area contributed by atoms with Gasteiger partial charge in [-0.1, -0.05) is 13.8 Å². The van der Waals surface area contributed by atoms with E-state index in [0.29, 0.717) is 6.42 Å². The second-order valence-electron chi connectivity index (χ2n) is 10.5. The number of amides is 2. The first kappa shape index (κ1) is 23.4. The molecule has 3 rings (SSSR count). The van der Waals surface area contributed by atoms with E-state index < -0.39 is 39.0 Å². The van der Waals surface area contributed by atoms with Crippen LogP contribution in [0.4, 0.5) is 0 Å². The van der Waals surface area contributed by atoms with Gasteiger partial charge in [0.2, 0.25) is 11.8 Å². The highest BCUT2D eigenvalue weighted by molar-refractivity contribution is 8.02. The third-order valence-electron chi connectivity index (χ3n) is 6.82. The Kier molecular flexibility index (Phi) is 6.00. The third-order valence-corrected chi connectivity index (χ3v) is 8.80. The van der Waals surface area contributed by atoms with Crippen molar-refractivity contribution in [2.45, 2.75) is 88.4 Å². The van der Waals surface area contributed by atoms with Gasteiger partial charge in [0.05, 0.1) is 35.8 Å². The molecule has 1 spiro atoms. The van der Waals surface area contributed by atoms with E-state index in [1.165, 1.54) is 0 Å². The zero-order chi connectivity index (χ0) is 22.6. The van der Waals surface area contributed by atoms with Gasteiger partial charge in [-0.25, -0.2) is 0 Å². The summed E-state index contributed by atoms with van der Waals surface area (Å²) in [7, 11) is 0. The lowest BCUT2D eigenvalue weighted by Crippen LogP contribution is -2.60. The monoisotopic (exact) mass is 440 g/mol. The summed E-state index contributed by atoms with van der Waals surface area (Å²) in [4.78, 5) is 42.0. The molecule has 0 aromatic carbocycles. The number of nitrogens with zero attached hydrogens (tertiary/aromatic N) is 1. The Labute approximate surface area is 183 Å². The van der Waals surface area contributed by atoms with Crippen molar-refractivity contribution in [3.05, 3.63) is 0 Å². The van der Waals surface area contributed by atoms with Crippen molar-refractivity contribution in [1.29, 1.82) is 0 Å². The molecular weight excluding hydrogens is 404 g/mol. The van der Waals surface area contributed by atoms with E-state index in [9.17, 15) is 19.5 Å². The molecule has 0 aromatic rings. The fraction of sp³-hybridized carbons (Fsp3) is 0.864. The van der Waals surface area contributed by atoms with Crippen LogP contribution in [0.5, 0.6) is 0 Å². The Morgan fingerprint density at radius 2 is 1.97 bits per heavy atom. The van der Waals surface area contributed by atoms with Crippen molar-refractivity contribution in [3.63, 3.8) is 0 Å². The molecule has 7 nitrogen and oxygen atoms in total. The zero-order valence-corrected chi connectivity index (χ0v) is 20.0. The second kappa shape index (κ2) is 7.69. The Morgan fingerprint density at radius 3 is 2.47 bits per heavy atom. The van der Waals surface area contributed by atoms with Gasteiger partial charge in [0.25, 0.3) is 0 Å². The van der Waals surface area contributed by atoms with Gasteiger partial charge in [-0.2, -0.15) is 0 Å². The normalized spacial score (nSPS) is 36.2. The summed E-state index contributed by atoms with van der Waals surface area (Å²) in [6.45, 7) is 13.4. The summed E-state index contributed by atoms with van der Waals surface area (Å²) in [5.74, 6) is -1.98. The lowest BCUT2D eigenvalue weighted by Gasteiger charge is -2.39. The summed E-state index contributed by atoms with van der Waals surface area (Å²) >= 11 is 1.62. The van der Waals surface area contributed by atoms with E-state index in [4.69, 9.17) is 4.74 Å². The number of fused-ring (bicyclic) bond motifs is 1. The average molecular weight is 441 g/mol. The van der Waals surface area contributed by atoms with Gasteiger partial charge in [0.15, 0.2) is 0 Å². The molecule has 2 unspecified atom stereocenters. The molecule has 170 valence electrons. The minimum absolute atomic E-state index is 0.0297. The maximum atomic E-state index is 13.8. The highest BCUT2D eigenvalue weighted by Crippen LogP contribution is 2.71. The van der Waals surface area contributed by atoms with E-state index >= 15 is 0 Å². The van der Waals surface area contributed by atoms with Crippen molar-refractivity contribution in [2.24, 2.45) is 17.8 Å². The number of ether oxygens (including phenoxy) is 1. The molecule has 3 fully saturated rings. The first-order valence-electron chi connectivity index (χ1n) is 10.9. The molecule has 2 bridgehead atoms.